The number of benzene rings is 1. The van der Waals surface area contributed by atoms with Gasteiger partial charge in [0, 0.05) is 35.6 Å². The molecule has 6 rings (SSSR count). The van der Waals surface area contributed by atoms with Crippen LogP contribution in [0.5, 0.6) is 0 Å². The lowest BCUT2D eigenvalue weighted by Crippen LogP contribution is -2.21. The predicted octanol–water partition coefficient (Wildman–Crippen LogP) is 7.98. The van der Waals surface area contributed by atoms with Crippen LogP contribution in [-0.2, 0) is 18.0 Å². The molecular weight excluding hydrogens is 542 g/mol. The first-order valence-electron chi connectivity index (χ1n) is 14.3. The van der Waals surface area contributed by atoms with Crippen molar-refractivity contribution in [1.82, 2.24) is 15.0 Å². The number of nitrogen functional groups attached to an aromatic ring is 1. The van der Waals surface area contributed by atoms with Crippen LogP contribution in [0.3, 0.4) is 0 Å². The third kappa shape index (κ3) is 5.84. The van der Waals surface area contributed by atoms with Gasteiger partial charge in [-0.2, -0.15) is 5.26 Å². The highest BCUT2D eigenvalue weighted by Crippen LogP contribution is 2.45. The molecule has 0 saturated carbocycles. The summed E-state index contributed by atoms with van der Waals surface area (Å²) < 4.78 is 36.6. The molecule has 1 aromatic carbocycles. The molecule has 1 fully saturated rings. The highest BCUT2D eigenvalue weighted by atomic mass is 32.1. The van der Waals surface area contributed by atoms with Gasteiger partial charge in [-0.15, -0.1) is 11.3 Å². The standard InChI is InChI=1S/C23H18F2N6OS.C6H14.C2H6/c1-10-2-3-31(7-10)23-29-5-12-13-8-32-9-14(13)16(18(25)19(12)30-23)20-17-11(4-26)22(27)33-21(17)15(24)6-28-20;1-4-5-6(2)3;1-2/h5-6,10H,2-3,7-9,27H2,1H3;6H,4-5H2,1-3H3;1-2H3. The Balaban J connectivity index is 0.000000433. The fraction of sp³-hybridized carbons (Fsp3) is 0.484. The Labute approximate surface area is 244 Å². The molecule has 2 aliphatic heterocycles. The Morgan fingerprint density at radius 2 is 1.93 bits per heavy atom. The van der Waals surface area contributed by atoms with E-state index in [1.165, 1.54) is 12.8 Å². The zero-order chi connectivity index (χ0) is 29.8. The van der Waals surface area contributed by atoms with E-state index in [0.717, 1.165) is 48.5 Å². The summed E-state index contributed by atoms with van der Waals surface area (Å²) in [5.41, 5.74) is 7.98. The fourth-order valence-electron chi connectivity index (χ4n) is 5.39. The van der Waals surface area contributed by atoms with Crippen molar-refractivity contribution in [2.45, 2.75) is 74.0 Å². The third-order valence-electron chi connectivity index (χ3n) is 7.30. The van der Waals surface area contributed by atoms with E-state index in [1.54, 1.807) is 6.20 Å². The minimum absolute atomic E-state index is 0.0959. The van der Waals surface area contributed by atoms with Crippen molar-refractivity contribution in [3.05, 3.63) is 40.7 Å². The van der Waals surface area contributed by atoms with Gasteiger partial charge in [0.25, 0.3) is 0 Å². The zero-order valence-electron chi connectivity index (χ0n) is 24.6. The minimum atomic E-state index is -0.603. The molecule has 0 bridgehead atoms. The van der Waals surface area contributed by atoms with Gasteiger partial charge in [0.1, 0.15) is 16.6 Å². The van der Waals surface area contributed by atoms with Crippen LogP contribution >= 0.6 is 11.3 Å². The Morgan fingerprint density at radius 1 is 1.20 bits per heavy atom. The summed E-state index contributed by atoms with van der Waals surface area (Å²) in [6, 6.07) is 2.02. The predicted molar refractivity (Wildman–Crippen MR) is 163 cm³/mol. The van der Waals surface area contributed by atoms with Crippen molar-refractivity contribution in [1.29, 1.82) is 5.26 Å². The molecule has 10 heteroatoms. The molecule has 41 heavy (non-hydrogen) atoms. The SMILES string of the molecule is CC.CC1CCN(c2ncc3c4c(c(-c5ncc(F)c6sc(N)c(C#N)c56)c(F)c3n2)COC4)C1.CCCC(C)C. The van der Waals surface area contributed by atoms with Crippen LogP contribution in [0.4, 0.5) is 19.7 Å². The number of pyridine rings is 1. The van der Waals surface area contributed by atoms with Crippen LogP contribution in [0.25, 0.3) is 32.2 Å². The second kappa shape index (κ2) is 13.0. The molecule has 7 nitrogen and oxygen atoms in total. The topological polar surface area (TPSA) is 101 Å². The monoisotopic (exact) mass is 580 g/mol. The number of hydrogen-bond acceptors (Lipinski definition) is 8. The van der Waals surface area contributed by atoms with Crippen LogP contribution in [0.1, 0.15) is 77.5 Å². The van der Waals surface area contributed by atoms with Gasteiger partial charge in [-0.3, -0.25) is 4.98 Å². The van der Waals surface area contributed by atoms with Gasteiger partial charge in [-0.25, -0.2) is 18.7 Å². The van der Waals surface area contributed by atoms with Gasteiger partial charge in [0.2, 0.25) is 5.95 Å². The van der Waals surface area contributed by atoms with Crippen LogP contribution in [0.15, 0.2) is 12.4 Å². The summed E-state index contributed by atoms with van der Waals surface area (Å²) in [7, 11) is 0. The lowest BCUT2D eigenvalue weighted by Gasteiger charge is -2.18. The highest BCUT2D eigenvalue weighted by Gasteiger charge is 2.30. The molecule has 0 radical (unpaired) electrons. The quantitative estimate of drug-likeness (QED) is 0.261. The summed E-state index contributed by atoms with van der Waals surface area (Å²) >= 11 is 0.955. The third-order valence-corrected chi connectivity index (χ3v) is 8.33. The number of halogens is 2. The second-order valence-electron chi connectivity index (χ2n) is 10.7. The van der Waals surface area contributed by atoms with E-state index >= 15 is 4.39 Å². The number of fused-ring (bicyclic) bond motifs is 4. The first-order chi connectivity index (χ1) is 19.7. The number of nitriles is 1. The van der Waals surface area contributed by atoms with Gasteiger partial charge in [0.15, 0.2) is 11.6 Å². The Kier molecular flexibility index (Phi) is 9.72. The summed E-state index contributed by atoms with van der Waals surface area (Å²) in [6.07, 6.45) is 6.43. The van der Waals surface area contributed by atoms with E-state index < -0.39 is 11.6 Å². The molecule has 2 aliphatic rings. The number of nitrogens with zero attached hydrogens (tertiary/aromatic N) is 5. The molecular formula is C31H38F2N6OS. The van der Waals surface area contributed by atoms with Crippen molar-refractivity contribution in [3.63, 3.8) is 0 Å². The summed E-state index contributed by atoms with van der Waals surface area (Å²) in [6.45, 7) is 15.0. The van der Waals surface area contributed by atoms with E-state index in [-0.39, 0.29) is 50.6 Å². The van der Waals surface area contributed by atoms with Crippen molar-refractivity contribution in [2.24, 2.45) is 11.8 Å². The zero-order valence-corrected chi connectivity index (χ0v) is 25.5. The molecule has 0 spiro atoms. The highest BCUT2D eigenvalue weighted by molar-refractivity contribution is 7.23. The Bertz CT molecular complexity index is 1600. The molecule has 3 aromatic heterocycles. The van der Waals surface area contributed by atoms with Crippen LogP contribution in [0.2, 0.25) is 0 Å². The van der Waals surface area contributed by atoms with Gasteiger partial charge in [-0.05, 0) is 29.4 Å². The molecule has 2 N–H and O–H groups in total. The number of rotatable bonds is 4. The number of ether oxygens (including phenoxy) is 1. The maximum absolute atomic E-state index is 16.2. The van der Waals surface area contributed by atoms with Crippen molar-refractivity contribution < 1.29 is 13.5 Å². The molecule has 218 valence electrons. The molecule has 0 aliphatic carbocycles. The second-order valence-corrected chi connectivity index (χ2v) is 11.8. The number of thiophene rings is 1. The molecule has 4 aromatic rings. The van der Waals surface area contributed by atoms with Gasteiger partial charge in [-0.1, -0.05) is 54.4 Å². The van der Waals surface area contributed by atoms with Gasteiger partial charge >= 0.3 is 0 Å². The molecule has 1 atom stereocenters. The molecule has 1 saturated heterocycles. The van der Waals surface area contributed by atoms with Crippen molar-refractivity contribution >= 4 is 43.3 Å². The smallest absolute Gasteiger partial charge is 0.225 e. The first-order valence-corrected chi connectivity index (χ1v) is 15.2. The minimum Gasteiger partial charge on any atom is -0.389 e. The summed E-state index contributed by atoms with van der Waals surface area (Å²) in [4.78, 5) is 15.4. The summed E-state index contributed by atoms with van der Waals surface area (Å²) in [5.74, 6) is 0.705. The normalized spacial score (nSPS) is 15.9. The number of anilines is 2. The Morgan fingerprint density at radius 3 is 2.54 bits per heavy atom. The van der Waals surface area contributed by atoms with E-state index in [9.17, 15) is 9.65 Å². The number of aromatic nitrogens is 3. The van der Waals surface area contributed by atoms with Crippen molar-refractivity contribution in [2.75, 3.05) is 23.7 Å². The van der Waals surface area contributed by atoms with Gasteiger partial charge in [0.05, 0.1) is 35.4 Å². The largest absolute Gasteiger partial charge is 0.389 e. The lowest BCUT2D eigenvalue weighted by atomic mass is 9.94. The number of hydrogen-bond donors (Lipinski definition) is 1. The molecule has 1 unspecified atom stereocenters. The van der Waals surface area contributed by atoms with Gasteiger partial charge < -0.3 is 15.4 Å². The van der Waals surface area contributed by atoms with Crippen LogP contribution in [0, 0.1) is 34.8 Å². The molecule has 5 heterocycles. The fourth-order valence-corrected chi connectivity index (χ4v) is 6.31. The Hall–Kier alpha value is -3.42. The average Bonchev–Trinajstić information content (AvgIpc) is 3.70. The van der Waals surface area contributed by atoms with Crippen LogP contribution in [-0.4, -0.2) is 28.0 Å². The van der Waals surface area contributed by atoms with E-state index in [2.05, 4.69) is 47.5 Å². The maximum Gasteiger partial charge on any atom is 0.225 e. The van der Waals surface area contributed by atoms with E-state index in [4.69, 9.17) is 10.5 Å². The maximum atomic E-state index is 16.2. The average molecular weight is 581 g/mol. The van der Waals surface area contributed by atoms with Crippen molar-refractivity contribution in [3.8, 4) is 17.3 Å². The first kappa shape index (κ1) is 30.5. The van der Waals surface area contributed by atoms with Crippen LogP contribution < -0.4 is 10.6 Å². The lowest BCUT2D eigenvalue weighted by molar-refractivity contribution is 0.135. The van der Waals surface area contributed by atoms with E-state index in [1.807, 2.05) is 19.9 Å². The number of nitrogens with two attached hydrogens (primary N) is 1. The summed E-state index contributed by atoms with van der Waals surface area (Å²) in [5, 5.41) is 10.6. The van der Waals surface area contributed by atoms with E-state index in [0.29, 0.717) is 22.8 Å². The molecule has 0 amide bonds.